The molecule has 1 heterocycles. The summed E-state index contributed by atoms with van der Waals surface area (Å²) in [5.41, 5.74) is 2.14. The van der Waals surface area contributed by atoms with Gasteiger partial charge in [0.05, 0.1) is 29.9 Å². The van der Waals surface area contributed by atoms with Crippen molar-refractivity contribution >= 4 is 23.4 Å². The molecular weight excluding hydrogens is 426 g/mol. The second-order valence-electron chi connectivity index (χ2n) is 7.84. The Labute approximate surface area is 203 Å². The number of nitriles is 1. The van der Waals surface area contributed by atoms with Gasteiger partial charge in [-0.1, -0.05) is 38.5 Å². The van der Waals surface area contributed by atoms with Crippen LogP contribution >= 0.6 is 0 Å². The average Bonchev–Trinajstić information content (AvgIpc) is 2.86. The smallest absolute Gasteiger partial charge is 0.233 e. The first-order chi connectivity index (χ1) is 16.7. The quantitative estimate of drug-likeness (QED) is 0.249. The van der Waals surface area contributed by atoms with Gasteiger partial charge in [-0.2, -0.15) is 10.2 Å². The zero-order chi connectivity index (χ0) is 24.4. The molecule has 0 atom stereocenters. The van der Waals surface area contributed by atoms with Crippen LogP contribution in [-0.4, -0.2) is 42.1 Å². The third-order valence-corrected chi connectivity index (χ3v) is 4.87. The largest absolute Gasteiger partial charge is 0.369 e. The molecule has 0 saturated carbocycles. The molecule has 34 heavy (non-hydrogen) atoms. The second kappa shape index (κ2) is 16.1. The van der Waals surface area contributed by atoms with Crippen molar-refractivity contribution in [3.63, 3.8) is 0 Å². The molecule has 0 bridgehead atoms. The highest BCUT2D eigenvalue weighted by atomic mass is 16.1. The summed E-state index contributed by atoms with van der Waals surface area (Å²) in [5, 5.41) is 21.5. The summed E-state index contributed by atoms with van der Waals surface area (Å²) in [6, 6.07) is 9.21. The van der Waals surface area contributed by atoms with Crippen molar-refractivity contribution in [2.24, 2.45) is 0 Å². The lowest BCUT2D eigenvalue weighted by Gasteiger charge is -2.10. The van der Waals surface area contributed by atoms with Crippen molar-refractivity contribution in [1.29, 1.82) is 5.26 Å². The van der Waals surface area contributed by atoms with E-state index in [0.29, 0.717) is 36.8 Å². The van der Waals surface area contributed by atoms with Crippen LogP contribution in [0.3, 0.4) is 0 Å². The fourth-order valence-electron chi connectivity index (χ4n) is 3.00. The van der Waals surface area contributed by atoms with Crippen molar-refractivity contribution in [2.75, 3.05) is 36.8 Å². The van der Waals surface area contributed by atoms with E-state index in [1.807, 2.05) is 12.1 Å². The van der Waals surface area contributed by atoms with Gasteiger partial charge in [0.2, 0.25) is 11.9 Å². The maximum absolute atomic E-state index is 11.8. The minimum Gasteiger partial charge on any atom is -0.369 e. The van der Waals surface area contributed by atoms with E-state index in [0.717, 1.165) is 43.6 Å². The first-order valence-electron chi connectivity index (χ1n) is 12.0. The van der Waals surface area contributed by atoms with Gasteiger partial charge in [0, 0.05) is 25.2 Å². The van der Waals surface area contributed by atoms with Gasteiger partial charge < -0.3 is 21.3 Å². The van der Waals surface area contributed by atoms with E-state index in [1.54, 1.807) is 18.3 Å². The highest BCUT2D eigenvalue weighted by Gasteiger charge is 2.06. The number of benzene rings is 1. The van der Waals surface area contributed by atoms with Gasteiger partial charge in [-0.15, -0.1) is 0 Å². The van der Waals surface area contributed by atoms with Crippen LogP contribution in [0, 0.1) is 23.2 Å². The van der Waals surface area contributed by atoms with Gasteiger partial charge >= 0.3 is 0 Å². The van der Waals surface area contributed by atoms with Gasteiger partial charge in [-0.05, 0) is 50.1 Å². The number of unbranched alkanes of at least 4 members (excludes halogenated alkanes) is 3. The Morgan fingerprint density at radius 1 is 1.03 bits per heavy atom. The minimum atomic E-state index is 0.0225. The minimum absolute atomic E-state index is 0.0225. The lowest BCUT2D eigenvalue weighted by Crippen LogP contribution is -2.34. The highest BCUT2D eigenvalue weighted by Crippen LogP contribution is 2.17. The SMILES string of the molecule is CCCCCNCC(=O)NCCCC#Cc1cnc(Nc2ccc(C#N)cc2)nc1NCCC. The first kappa shape index (κ1) is 26.6. The summed E-state index contributed by atoms with van der Waals surface area (Å²) in [5.74, 6) is 7.46. The number of hydrogen-bond donors (Lipinski definition) is 4. The molecule has 0 fully saturated rings. The molecule has 8 nitrogen and oxygen atoms in total. The van der Waals surface area contributed by atoms with Crippen LogP contribution in [0.4, 0.5) is 17.5 Å². The van der Waals surface area contributed by atoms with E-state index in [-0.39, 0.29) is 5.91 Å². The average molecular weight is 462 g/mol. The summed E-state index contributed by atoms with van der Waals surface area (Å²) in [7, 11) is 0. The van der Waals surface area contributed by atoms with Crippen molar-refractivity contribution in [3.8, 4) is 17.9 Å². The van der Waals surface area contributed by atoms with E-state index in [4.69, 9.17) is 5.26 Å². The predicted octanol–water partition coefficient (Wildman–Crippen LogP) is 3.94. The van der Waals surface area contributed by atoms with Gasteiger partial charge in [0.15, 0.2) is 0 Å². The van der Waals surface area contributed by atoms with Gasteiger partial charge in [-0.25, -0.2) is 4.98 Å². The Kier molecular flexibility index (Phi) is 12.6. The van der Waals surface area contributed by atoms with Crippen LogP contribution in [0.15, 0.2) is 30.5 Å². The monoisotopic (exact) mass is 461 g/mol. The number of hydrogen-bond acceptors (Lipinski definition) is 7. The van der Waals surface area contributed by atoms with Crippen LogP contribution in [0.1, 0.15) is 63.5 Å². The second-order valence-corrected chi connectivity index (χ2v) is 7.84. The lowest BCUT2D eigenvalue weighted by atomic mass is 10.2. The predicted molar refractivity (Wildman–Crippen MR) is 137 cm³/mol. The molecule has 2 rings (SSSR count). The molecule has 2 aromatic rings. The molecule has 0 unspecified atom stereocenters. The van der Waals surface area contributed by atoms with Gasteiger partial charge in [-0.3, -0.25) is 4.79 Å². The number of carbonyl (C=O) groups is 1. The molecule has 1 aromatic heterocycles. The Morgan fingerprint density at radius 2 is 1.85 bits per heavy atom. The Bertz CT molecular complexity index is 987. The molecule has 8 heteroatoms. The molecule has 180 valence electrons. The number of rotatable bonds is 14. The number of carbonyl (C=O) groups excluding carboxylic acids is 1. The number of nitrogens with one attached hydrogen (secondary N) is 4. The van der Waals surface area contributed by atoms with Crippen LogP contribution < -0.4 is 21.3 Å². The van der Waals surface area contributed by atoms with Crippen molar-refractivity contribution in [2.45, 2.75) is 52.4 Å². The molecular formula is C26H35N7O. The van der Waals surface area contributed by atoms with Crippen LogP contribution in [0.2, 0.25) is 0 Å². The topological polar surface area (TPSA) is 115 Å². The van der Waals surface area contributed by atoms with Gasteiger partial charge in [0.25, 0.3) is 0 Å². The van der Waals surface area contributed by atoms with Crippen molar-refractivity contribution < 1.29 is 4.79 Å². The molecule has 0 aliphatic rings. The normalized spacial score (nSPS) is 10.0. The lowest BCUT2D eigenvalue weighted by molar-refractivity contribution is -0.120. The molecule has 0 aliphatic heterocycles. The Hall–Kier alpha value is -3.62. The standard InChI is InChI=1S/C26H35N7O/c1-3-5-8-16-28-20-24(34)29-17-9-6-7-10-22-19-31-26(33-25(22)30-15-4-2)32-23-13-11-21(18-27)12-14-23/h11-14,19,28H,3-6,8-9,15-17,20H2,1-2H3,(H,29,34)(H2,30,31,32,33). The summed E-state index contributed by atoms with van der Waals surface area (Å²) in [6.07, 6.45) is 7.58. The van der Waals surface area contributed by atoms with E-state index in [9.17, 15) is 4.79 Å². The van der Waals surface area contributed by atoms with Crippen molar-refractivity contribution in [1.82, 2.24) is 20.6 Å². The molecule has 4 N–H and O–H groups in total. The summed E-state index contributed by atoms with van der Waals surface area (Å²) in [6.45, 7) is 6.88. The number of aromatic nitrogens is 2. The maximum Gasteiger partial charge on any atom is 0.233 e. The fourth-order valence-corrected chi connectivity index (χ4v) is 3.00. The molecule has 1 aromatic carbocycles. The summed E-state index contributed by atoms with van der Waals surface area (Å²) in [4.78, 5) is 20.8. The Morgan fingerprint density at radius 3 is 2.59 bits per heavy atom. The van der Waals surface area contributed by atoms with Crippen LogP contribution in [0.25, 0.3) is 0 Å². The van der Waals surface area contributed by atoms with Gasteiger partial charge in [0.1, 0.15) is 5.82 Å². The zero-order valence-electron chi connectivity index (χ0n) is 20.2. The van der Waals surface area contributed by atoms with E-state index in [1.165, 1.54) is 12.8 Å². The summed E-state index contributed by atoms with van der Waals surface area (Å²) >= 11 is 0. The molecule has 0 radical (unpaired) electrons. The number of nitrogens with zero attached hydrogens (tertiary/aromatic N) is 3. The van der Waals surface area contributed by atoms with Crippen molar-refractivity contribution in [3.05, 3.63) is 41.6 Å². The van der Waals surface area contributed by atoms with E-state index < -0.39 is 0 Å². The molecule has 0 saturated heterocycles. The Balaban J connectivity index is 1.84. The number of amides is 1. The number of anilines is 3. The third-order valence-electron chi connectivity index (χ3n) is 4.87. The molecule has 1 amide bonds. The van der Waals surface area contributed by atoms with Crippen LogP contribution in [-0.2, 0) is 4.79 Å². The maximum atomic E-state index is 11.8. The fraction of sp³-hybridized carbons (Fsp3) is 0.462. The molecule has 0 aliphatic carbocycles. The zero-order valence-corrected chi connectivity index (χ0v) is 20.2. The first-order valence-corrected chi connectivity index (χ1v) is 12.0. The third kappa shape index (κ3) is 10.3. The summed E-state index contributed by atoms with van der Waals surface area (Å²) < 4.78 is 0. The van der Waals surface area contributed by atoms with Crippen LogP contribution in [0.5, 0.6) is 0 Å². The van der Waals surface area contributed by atoms with E-state index >= 15 is 0 Å². The highest BCUT2D eigenvalue weighted by molar-refractivity contribution is 5.77. The van der Waals surface area contributed by atoms with E-state index in [2.05, 4.69) is 63.0 Å². The molecule has 0 spiro atoms.